The highest BCUT2D eigenvalue weighted by atomic mass is 16.2. The van der Waals surface area contributed by atoms with Crippen molar-refractivity contribution in [1.82, 2.24) is 4.90 Å². The van der Waals surface area contributed by atoms with Crippen molar-refractivity contribution in [2.75, 3.05) is 13.1 Å². The van der Waals surface area contributed by atoms with Gasteiger partial charge in [-0.2, -0.15) is 0 Å². The highest BCUT2D eigenvalue weighted by Crippen LogP contribution is 2.34. The first-order valence-corrected chi connectivity index (χ1v) is 5.93. The molecule has 2 rings (SSSR count). The quantitative estimate of drug-likeness (QED) is 0.559. The zero-order valence-corrected chi connectivity index (χ0v) is 9.99. The fraction of sp³-hybridized carbons (Fsp3) is 0.769. The lowest BCUT2D eigenvalue weighted by atomic mass is 9.86. The Bertz CT molecular complexity index is 271. The third-order valence-corrected chi connectivity index (χ3v) is 3.55. The standard InChI is InChI=1S/C13H21NO/c1-13(2,3)12(15)14-8-10-6-4-5-7-11(10)9-14/h4-5,10-11H,6-9H2,1-3H3/t10-,11-/m1/s1. The van der Waals surface area contributed by atoms with Crippen molar-refractivity contribution in [3.8, 4) is 0 Å². The molecule has 0 bridgehead atoms. The highest BCUT2D eigenvalue weighted by molar-refractivity contribution is 5.81. The summed E-state index contributed by atoms with van der Waals surface area (Å²) in [4.78, 5) is 14.2. The second-order valence-electron chi connectivity index (χ2n) is 5.92. The molecule has 2 heteroatoms. The number of carbonyl (C=O) groups is 1. The maximum Gasteiger partial charge on any atom is 0.227 e. The SMILES string of the molecule is CC(C)(C)C(=O)N1C[C@H]2CC=CC[C@@H]2C1. The normalized spacial score (nSPS) is 30.5. The van der Waals surface area contributed by atoms with Crippen LogP contribution in [0, 0.1) is 17.3 Å². The minimum absolute atomic E-state index is 0.221. The van der Waals surface area contributed by atoms with Crippen LogP contribution in [0.2, 0.25) is 0 Å². The summed E-state index contributed by atoms with van der Waals surface area (Å²) >= 11 is 0. The molecule has 0 unspecified atom stereocenters. The van der Waals surface area contributed by atoms with Crippen LogP contribution in [0.5, 0.6) is 0 Å². The number of amides is 1. The number of hydrogen-bond acceptors (Lipinski definition) is 1. The number of nitrogens with zero attached hydrogens (tertiary/aromatic N) is 1. The number of carbonyl (C=O) groups excluding carboxylic acids is 1. The molecule has 0 aromatic rings. The Morgan fingerprint density at radius 3 is 2.00 bits per heavy atom. The molecule has 1 fully saturated rings. The van der Waals surface area contributed by atoms with E-state index in [-0.39, 0.29) is 5.41 Å². The molecule has 0 saturated carbocycles. The topological polar surface area (TPSA) is 20.3 Å². The van der Waals surface area contributed by atoms with E-state index >= 15 is 0 Å². The molecule has 84 valence electrons. The van der Waals surface area contributed by atoms with Gasteiger partial charge in [0.15, 0.2) is 0 Å². The summed E-state index contributed by atoms with van der Waals surface area (Å²) in [7, 11) is 0. The van der Waals surface area contributed by atoms with E-state index in [0.29, 0.717) is 5.91 Å². The Morgan fingerprint density at radius 2 is 1.60 bits per heavy atom. The van der Waals surface area contributed by atoms with Gasteiger partial charge < -0.3 is 4.90 Å². The first-order valence-electron chi connectivity index (χ1n) is 5.93. The molecule has 0 spiro atoms. The van der Waals surface area contributed by atoms with Gasteiger partial charge in [0, 0.05) is 18.5 Å². The third kappa shape index (κ3) is 2.09. The van der Waals surface area contributed by atoms with Crippen LogP contribution in [0.3, 0.4) is 0 Å². The van der Waals surface area contributed by atoms with Crippen LogP contribution in [0.1, 0.15) is 33.6 Å². The van der Waals surface area contributed by atoms with Crippen molar-refractivity contribution in [2.45, 2.75) is 33.6 Å². The second kappa shape index (κ2) is 3.66. The van der Waals surface area contributed by atoms with E-state index in [9.17, 15) is 4.79 Å². The van der Waals surface area contributed by atoms with E-state index in [0.717, 1.165) is 24.9 Å². The van der Waals surface area contributed by atoms with E-state index in [1.807, 2.05) is 20.8 Å². The molecule has 2 aliphatic rings. The maximum atomic E-state index is 12.1. The van der Waals surface area contributed by atoms with Gasteiger partial charge in [-0.25, -0.2) is 0 Å². The van der Waals surface area contributed by atoms with Crippen molar-refractivity contribution < 1.29 is 4.79 Å². The van der Waals surface area contributed by atoms with Gasteiger partial charge in [-0.15, -0.1) is 0 Å². The molecule has 0 radical (unpaired) electrons. The lowest BCUT2D eigenvalue weighted by molar-refractivity contribution is -0.138. The fourth-order valence-electron chi connectivity index (χ4n) is 2.66. The molecule has 1 saturated heterocycles. The van der Waals surface area contributed by atoms with Gasteiger partial charge in [0.1, 0.15) is 0 Å². The van der Waals surface area contributed by atoms with Crippen molar-refractivity contribution in [3.05, 3.63) is 12.2 Å². The molecule has 0 aromatic heterocycles. The van der Waals surface area contributed by atoms with E-state index in [1.54, 1.807) is 0 Å². The summed E-state index contributed by atoms with van der Waals surface area (Å²) in [5, 5.41) is 0. The van der Waals surface area contributed by atoms with Crippen LogP contribution in [0.15, 0.2) is 12.2 Å². The van der Waals surface area contributed by atoms with E-state index in [2.05, 4.69) is 17.1 Å². The van der Waals surface area contributed by atoms with Crippen molar-refractivity contribution >= 4 is 5.91 Å². The van der Waals surface area contributed by atoms with Gasteiger partial charge in [0.25, 0.3) is 0 Å². The molecular weight excluding hydrogens is 186 g/mol. The van der Waals surface area contributed by atoms with E-state index in [4.69, 9.17) is 0 Å². The highest BCUT2D eigenvalue weighted by Gasteiger charge is 2.38. The summed E-state index contributed by atoms with van der Waals surface area (Å²) < 4.78 is 0. The zero-order chi connectivity index (χ0) is 11.1. The summed E-state index contributed by atoms with van der Waals surface area (Å²) in [6, 6.07) is 0. The van der Waals surface area contributed by atoms with Gasteiger partial charge in [-0.3, -0.25) is 4.79 Å². The lowest BCUT2D eigenvalue weighted by Gasteiger charge is -2.25. The van der Waals surface area contributed by atoms with Gasteiger partial charge in [-0.05, 0) is 24.7 Å². The summed E-state index contributed by atoms with van der Waals surface area (Å²) in [6.45, 7) is 7.98. The van der Waals surface area contributed by atoms with Gasteiger partial charge >= 0.3 is 0 Å². The predicted octanol–water partition coefficient (Wildman–Crippen LogP) is 2.46. The number of rotatable bonds is 0. The molecular formula is C13H21NO. The first kappa shape index (κ1) is 10.7. The Kier molecular flexibility index (Phi) is 2.61. The van der Waals surface area contributed by atoms with Gasteiger partial charge in [0.2, 0.25) is 5.91 Å². The Hall–Kier alpha value is -0.790. The largest absolute Gasteiger partial charge is 0.342 e. The van der Waals surface area contributed by atoms with Crippen molar-refractivity contribution in [1.29, 1.82) is 0 Å². The lowest BCUT2D eigenvalue weighted by Crippen LogP contribution is -2.38. The van der Waals surface area contributed by atoms with Crippen LogP contribution in [0.25, 0.3) is 0 Å². The van der Waals surface area contributed by atoms with Crippen LogP contribution in [-0.2, 0) is 4.79 Å². The average molecular weight is 207 g/mol. The molecule has 2 nitrogen and oxygen atoms in total. The van der Waals surface area contributed by atoms with E-state index in [1.165, 1.54) is 12.8 Å². The number of fused-ring (bicyclic) bond motifs is 1. The van der Waals surface area contributed by atoms with Crippen LogP contribution < -0.4 is 0 Å². The number of allylic oxidation sites excluding steroid dienone is 2. The summed E-state index contributed by atoms with van der Waals surface area (Å²) in [5.74, 6) is 1.76. The maximum absolute atomic E-state index is 12.1. The summed E-state index contributed by atoms with van der Waals surface area (Å²) in [6.07, 6.45) is 6.87. The Morgan fingerprint density at radius 1 is 1.13 bits per heavy atom. The molecule has 1 amide bonds. The number of hydrogen-bond donors (Lipinski definition) is 0. The van der Waals surface area contributed by atoms with Gasteiger partial charge in [-0.1, -0.05) is 32.9 Å². The predicted molar refractivity (Wildman–Crippen MR) is 61.4 cm³/mol. The monoisotopic (exact) mass is 207 g/mol. The fourth-order valence-corrected chi connectivity index (χ4v) is 2.66. The average Bonchev–Trinajstić information content (AvgIpc) is 2.58. The molecule has 1 aliphatic heterocycles. The molecule has 2 atom stereocenters. The Balaban J connectivity index is 2.02. The number of likely N-dealkylation sites (tertiary alicyclic amines) is 1. The van der Waals surface area contributed by atoms with Gasteiger partial charge in [0.05, 0.1) is 0 Å². The van der Waals surface area contributed by atoms with Crippen molar-refractivity contribution in [3.63, 3.8) is 0 Å². The van der Waals surface area contributed by atoms with E-state index < -0.39 is 0 Å². The van der Waals surface area contributed by atoms with Crippen LogP contribution >= 0.6 is 0 Å². The molecule has 1 heterocycles. The van der Waals surface area contributed by atoms with Crippen LogP contribution in [0.4, 0.5) is 0 Å². The first-order chi connectivity index (χ1) is 6.98. The second-order valence-corrected chi connectivity index (χ2v) is 5.92. The zero-order valence-electron chi connectivity index (χ0n) is 9.99. The molecule has 0 aromatic carbocycles. The minimum atomic E-state index is -0.221. The Labute approximate surface area is 92.3 Å². The molecule has 1 aliphatic carbocycles. The van der Waals surface area contributed by atoms with Crippen LogP contribution in [-0.4, -0.2) is 23.9 Å². The summed E-state index contributed by atoms with van der Waals surface area (Å²) in [5.41, 5.74) is -0.221. The molecule has 0 N–H and O–H groups in total. The minimum Gasteiger partial charge on any atom is -0.342 e. The smallest absolute Gasteiger partial charge is 0.227 e. The molecule has 15 heavy (non-hydrogen) atoms. The van der Waals surface area contributed by atoms with Crippen molar-refractivity contribution in [2.24, 2.45) is 17.3 Å². The third-order valence-electron chi connectivity index (χ3n) is 3.55.